The third-order valence-electron chi connectivity index (χ3n) is 2.64. The maximum Gasteiger partial charge on any atom is 0.119 e. The molecule has 0 atom stereocenters. The van der Waals surface area contributed by atoms with Gasteiger partial charge in [0.15, 0.2) is 0 Å². The molecule has 0 aliphatic heterocycles. The zero-order valence-corrected chi connectivity index (χ0v) is 11.3. The van der Waals surface area contributed by atoms with Crippen LogP contribution >= 0.6 is 11.6 Å². The van der Waals surface area contributed by atoms with Crippen LogP contribution in [0.25, 0.3) is 0 Å². The van der Waals surface area contributed by atoms with Gasteiger partial charge in [0.25, 0.3) is 0 Å². The van der Waals surface area contributed by atoms with E-state index < -0.39 is 0 Å². The number of rotatable bonds is 6. The number of hydrogen-bond acceptors (Lipinski definition) is 3. The number of benzene rings is 2. The number of nitrogen functional groups attached to an aromatic ring is 1. The van der Waals surface area contributed by atoms with E-state index in [4.69, 9.17) is 26.8 Å². The van der Waals surface area contributed by atoms with Crippen molar-refractivity contribution in [1.82, 2.24) is 0 Å². The van der Waals surface area contributed by atoms with Crippen molar-refractivity contribution in [2.75, 3.05) is 18.9 Å². The number of ether oxygens (including phenoxy) is 2. The van der Waals surface area contributed by atoms with E-state index >= 15 is 0 Å². The summed E-state index contributed by atoms with van der Waals surface area (Å²) in [6.45, 7) is 1.37. The van der Waals surface area contributed by atoms with Crippen LogP contribution in [-0.4, -0.2) is 13.2 Å². The predicted molar refractivity (Wildman–Crippen MR) is 77.5 cm³/mol. The van der Waals surface area contributed by atoms with Crippen molar-refractivity contribution in [2.45, 2.75) is 6.61 Å². The van der Waals surface area contributed by atoms with Crippen molar-refractivity contribution in [3.8, 4) is 5.75 Å². The second kappa shape index (κ2) is 7.02. The van der Waals surface area contributed by atoms with Crippen molar-refractivity contribution in [3.05, 3.63) is 59.1 Å². The van der Waals surface area contributed by atoms with Crippen LogP contribution in [-0.2, 0) is 11.3 Å². The normalized spacial score (nSPS) is 10.4. The summed E-state index contributed by atoms with van der Waals surface area (Å²) in [7, 11) is 0. The van der Waals surface area contributed by atoms with Crippen LogP contribution in [0.15, 0.2) is 48.5 Å². The molecule has 0 bridgehead atoms. The summed E-state index contributed by atoms with van der Waals surface area (Å²) in [4.78, 5) is 0. The highest BCUT2D eigenvalue weighted by Crippen LogP contribution is 2.22. The summed E-state index contributed by atoms with van der Waals surface area (Å²) in [5.74, 6) is 0.836. The molecule has 0 heterocycles. The van der Waals surface area contributed by atoms with Gasteiger partial charge < -0.3 is 15.2 Å². The van der Waals surface area contributed by atoms with Gasteiger partial charge in [0.05, 0.1) is 13.2 Å². The Morgan fingerprint density at radius 1 is 0.947 bits per heavy atom. The number of nitrogens with two attached hydrogens (primary N) is 1. The Morgan fingerprint density at radius 2 is 1.74 bits per heavy atom. The van der Waals surface area contributed by atoms with Crippen LogP contribution in [0, 0.1) is 0 Å². The summed E-state index contributed by atoms with van der Waals surface area (Å²) >= 11 is 6.05. The van der Waals surface area contributed by atoms with Crippen LogP contribution in [0.4, 0.5) is 5.69 Å². The van der Waals surface area contributed by atoms with Gasteiger partial charge in [-0.25, -0.2) is 0 Å². The fourth-order valence-electron chi connectivity index (χ4n) is 1.64. The summed E-state index contributed by atoms with van der Waals surface area (Å²) in [6, 6.07) is 15.1. The van der Waals surface area contributed by atoms with E-state index in [-0.39, 0.29) is 0 Å². The molecule has 3 nitrogen and oxygen atoms in total. The van der Waals surface area contributed by atoms with Gasteiger partial charge in [0, 0.05) is 16.3 Å². The third kappa shape index (κ3) is 4.16. The number of halogens is 1. The molecule has 0 unspecified atom stereocenters. The van der Waals surface area contributed by atoms with E-state index in [1.165, 1.54) is 0 Å². The van der Waals surface area contributed by atoms with Gasteiger partial charge in [-0.15, -0.1) is 0 Å². The van der Waals surface area contributed by atoms with E-state index in [0.717, 1.165) is 11.3 Å². The van der Waals surface area contributed by atoms with E-state index in [0.29, 0.717) is 30.5 Å². The molecule has 0 fully saturated rings. The van der Waals surface area contributed by atoms with Gasteiger partial charge in [-0.1, -0.05) is 35.9 Å². The quantitative estimate of drug-likeness (QED) is 0.649. The lowest BCUT2D eigenvalue weighted by atomic mass is 10.2. The highest BCUT2D eigenvalue weighted by atomic mass is 35.5. The largest absolute Gasteiger partial charge is 0.491 e. The van der Waals surface area contributed by atoms with E-state index in [2.05, 4.69) is 0 Å². The van der Waals surface area contributed by atoms with Crippen LogP contribution < -0.4 is 10.5 Å². The van der Waals surface area contributed by atoms with Crippen molar-refractivity contribution < 1.29 is 9.47 Å². The first-order valence-corrected chi connectivity index (χ1v) is 6.43. The highest BCUT2D eigenvalue weighted by molar-refractivity contribution is 6.31. The number of hydrogen-bond donors (Lipinski definition) is 1. The van der Waals surface area contributed by atoms with Gasteiger partial charge in [0.1, 0.15) is 12.4 Å². The topological polar surface area (TPSA) is 44.5 Å². The molecule has 0 amide bonds. The minimum atomic E-state index is 0.393. The first-order chi connectivity index (χ1) is 9.27. The molecule has 0 saturated heterocycles. The van der Waals surface area contributed by atoms with Gasteiger partial charge in [-0.05, 0) is 24.3 Å². The average molecular weight is 278 g/mol. The molecule has 0 aliphatic carbocycles. The molecule has 2 N–H and O–H groups in total. The average Bonchev–Trinajstić information content (AvgIpc) is 2.42. The Balaban J connectivity index is 1.73. The zero-order valence-electron chi connectivity index (χ0n) is 10.5. The Hall–Kier alpha value is -1.71. The minimum absolute atomic E-state index is 0.393. The highest BCUT2D eigenvalue weighted by Gasteiger charge is 2.04. The van der Waals surface area contributed by atoms with E-state index in [1.54, 1.807) is 6.07 Å². The molecule has 2 aromatic carbocycles. The summed E-state index contributed by atoms with van der Waals surface area (Å²) < 4.78 is 11.0. The molecule has 2 rings (SSSR count). The SMILES string of the molecule is Nc1cccc(Cl)c1COCCOc1ccccc1. The first-order valence-electron chi connectivity index (χ1n) is 6.06. The zero-order chi connectivity index (χ0) is 13.5. The lowest BCUT2D eigenvalue weighted by Crippen LogP contribution is -2.07. The molecular weight excluding hydrogens is 262 g/mol. The molecule has 2 aromatic rings. The van der Waals surface area contributed by atoms with Crippen LogP contribution in [0.3, 0.4) is 0 Å². The summed E-state index contributed by atoms with van der Waals surface area (Å²) in [5, 5.41) is 0.629. The van der Waals surface area contributed by atoms with Gasteiger partial charge in [-0.2, -0.15) is 0 Å². The molecule has 0 aliphatic rings. The van der Waals surface area contributed by atoms with Crippen molar-refractivity contribution in [2.24, 2.45) is 0 Å². The minimum Gasteiger partial charge on any atom is -0.491 e. The fourth-order valence-corrected chi connectivity index (χ4v) is 1.87. The Bertz CT molecular complexity index is 497. The van der Waals surface area contributed by atoms with E-state index in [1.807, 2.05) is 42.5 Å². The Kier molecular flexibility index (Phi) is 5.07. The lowest BCUT2D eigenvalue weighted by molar-refractivity contribution is 0.0893. The predicted octanol–water partition coefficient (Wildman–Crippen LogP) is 3.52. The number of para-hydroxylation sites is 1. The maximum absolute atomic E-state index is 6.05. The van der Waals surface area contributed by atoms with Crippen LogP contribution in [0.5, 0.6) is 5.75 Å². The lowest BCUT2D eigenvalue weighted by Gasteiger charge is -2.09. The Morgan fingerprint density at radius 3 is 2.47 bits per heavy atom. The number of anilines is 1. The molecule has 0 aromatic heterocycles. The summed E-state index contributed by atoms with van der Waals surface area (Å²) in [5.41, 5.74) is 7.30. The van der Waals surface area contributed by atoms with E-state index in [9.17, 15) is 0 Å². The standard InChI is InChI=1S/C15H16ClNO2/c16-14-7-4-8-15(17)13(14)11-18-9-10-19-12-5-2-1-3-6-12/h1-8H,9-11,17H2. The van der Waals surface area contributed by atoms with Crippen molar-refractivity contribution in [3.63, 3.8) is 0 Å². The maximum atomic E-state index is 6.05. The second-order valence-electron chi connectivity index (χ2n) is 4.02. The van der Waals surface area contributed by atoms with Gasteiger partial charge in [-0.3, -0.25) is 0 Å². The molecule has 100 valence electrons. The molecule has 0 spiro atoms. The first kappa shape index (κ1) is 13.7. The molecule has 19 heavy (non-hydrogen) atoms. The molecule has 0 radical (unpaired) electrons. The van der Waals surface area contributed by atoms with Crippen molar-refractivity contribution in [1.29, 1.82) is 0 Å². The Labute approximate surface area is 117 Å². The van der Waals surface area contributed by atoms with Crippen LogP contribution in [0.2, 0.25) is 5.02 Å². The molecule has 0 saturated carbocycles. The monoisotopic (exact) mass is 277 g/mol. The smallest absolute Gasteiger partial charge is 0.119 e. The van der Waals surface area contributed by atoms with Gasteiger partial charge in [0.2, 0.25) is 0 Å². The van der Waals surface area contributed by atoms with Crippen LogP contribution in [0.1, 0.15) is 5.56 Å². The third-order valence-corrected chi connectivity index (χ3v) is 3.00. The fraction of sp³-hybridized carbons (Fsp3) is 0.200. The molecular formula is C15H16ClNO2. The molecule has 4 heteroatoms. The van der Waals surface area contributed by atoms with Gasteiger partial charge >= 0.3 is 0 Å². The second-order valence-corrected chi connectivity index (χ2v) is 4.43. The summed E-state index contributed by atoms with van der Waals surface area (Å²) in [6.07, 6.45) is 0. The van der Waals surface area contributed by atoms with Crippen molar-refractivity contribution >= 4 is 17.3 Å².